The highest BCUT2D eigenvalue weighted by Gasteiger charge is 2.20. The number of hydrogen-bond donors (Lipinski definition) is 2. The summed E-state index contributed by atoms with van der Waals surface area (Å²) in [6, 6.07) is 7.95. The van der Waals surface area contributed by atoms with Crippen molar-refractivity contribution in [2.24, 2.45) is 5.73 Å². The molecule has 2 aromatic rings. The number of amides is 1. The van der Waals surface area contributed by atoms with E-state index in [4.69, 9.17) is 5.73 Å². The van der Waals surface area contributed by atoms with Crippen LogP contribution < -0.4 is 11.1 Å². The number of rotatable bonds is 2. The van der Waals surface area contributed by atoms with E-state index in [0.29, 0.717) is 6.42 Å². The molecule has 0 saturated heterocycles. The molecule has 1 aliphatic heterocycles. The summed E-state index contributed by atoms with van der Waals surface area (Å²) in [5, 5.41) is 4.89. The predicted molar refractivity (Wildman–Crippen MR) is 73.9 cm³/mol. The van der Waals surface area contributed by atoms with Crippen LogP contribution in [0.3, 0.4) is 0 Å². The molecule has 92 valence electrons. The van der Waals surface area contributed by atoms with Crippen molar-refractivity contribution in [2.75, 3.05) is 5.32 Å². The van der Waals surface area contributed by atoms with Crippen LogP contribution in [0.2, 0.25) is 0 Å². The molecule has 0 radical (unpaired) electrons. The van der Waals surface area contributed by atoms with Crippen molar-refractivity contribution in [2.45, 2.75) is 19.4 Å². The molecule has 0 aliphatic carbocycles. The Balaban J connectivity index is 1.97. The first-order valence-electron chi connectivity index (χ1n) is 5.87. The first-order chi connectivity index (χ1) is 8.65. The molecule has 1 aliphatic rings. The molecular weight excluding hydrogens is 244 g/mol. The van der Waals surface area contributed by atoms with Crippen molar-refractivity contribution in [1.29, 1.82) is 0 Å². The number of carbonyl (C=O) groups excluding carboxylic acids is 1. The summed E-state index contributed by atoms with van der Waals surface area (Å²) in [5.74, 6) is 0.0584. The lowest BCUT2D eigenvalue weighted by atomic mass is 10.0. The summed E-state index contributed by atoms with van der Waals surface area (Å²) in [6.45, 7) is 2.07. The van der Waals surface area contributed by atoms with Crippen molar-refractivity contribution in [3.63, 3.8) is 0 Å². The fourth-order valence-corrected chi connectivity index (χ4v) is 3.25. The van der Waals surface area contributed by atoms with Crippen LogP contribution in [-0.4, -0.2) is 5.91 Å². The molecule has 1 aromatic carbocycles. The monoisotopic (exact) mass is 258 g/mol. The van der Waals surface area contributed by atoms with Crippen LogP contribution in [0.5, 0.6) is 0 Å². The zero-order chi connectivity index (χ0) is 12.7. The van der Waals surface area contributed by atoms with Crippen LogP contribution >= 0.6 is 11.3 Å². The number of nitrogens with two attached hydrogens (primary N) is 1. The number of nitrogens with one attached hydrogen (secondary N) is 1. The normalized spacial score (nSPS) is 15.3. The van der Waals surface area contributed by atoms with Gasteiger partial charge in [-0.25, -0.2) is 0 Å². The number of carbonyl (C=O) groups is 1. The van der Waals surface area contributed by atoms with Crippen LogP contribution in [0, 0.1) is 6.92 Å². The van der Waals surface area contributed by atoms with E-state index in [0.717, 1.165) is 16.8 Å². The lowest BCUT2D eigenvalue weighted by Crippen LogP contribution is -2.11. The van der Waals surface area contributed by atoms with Crippen LogP contribution in [-0.2, 0) is 11.2 Å². The molecule has 1 amide bonds. The molecule has 4 heteroatoms. The van der Waals surface area contributed by atoms with Crippen LogP contribution in [0.1, 0.15) is 27.6 Å². The first kappa shape index (κ1) is 11.4. The summed E-state index contributed by atoms with van der Waals surface area (Å²) in [4.78, 5) is 12.5. The highest BCUT2D eigenvalue weighted by atomic mass is 32.1. The summed E-state index contributed by atoms with van der Waals surface area (Å²) in [6.07, 6.45) is 0.458. The first-order valence-corrected chi connectivity index (χ1v) is 6.75. The Kier molecular flexibility index (Phi) is 2.69. The third-order valence-corrected chi connectivity index (χ3v) is 4.40. The molecular formula is C14H14N2OS. The summed E-state index contributed by atoms with van der Waals surface area (Å²) in [7, 11) is 0. The fraction of sp³-hybridized carbons (Fsp3) is 0.214. The molecule has 0 fully saturated rings. The van der Waals surface area contributed by atoms with Gasteiger partial charge in [-0.3, -0.25) is 4.79 Å². The van der Waals surface area contributed by atoms with Crippen molar-refractivity contribution in [3.8, 4) is 0 Å². The second kappa shape index (κ2) is 4.23. The number of hydrogen-bond acceptors (Lipinski definition) is 3. The Morgan fingerprint density at radius 2 is 2.22 bits per heavy atom. The average molecular weight is 258 g/mol. The molecule has 3 N–H and O–H groups in total. The van der Waals surface area contributed by atoms with Gasteiger partial charge in [0.2, 0.25) is 5.91 Å². The van der Waals surface area contributed by atoms with E-state index in [-0.39, 0.29) is 11.9 Å². The van der Waals surface area contributed by atoms with Crippen molar-refractivity contribution in [3.05, 3.63) is 51.2 Å². The van der Waals surface area contributed by atoms with E-state index < -0.39 is 0 Å². The van der Waals surface area contributed by atoms with Gasteiger partial charge in [-0.05, 0) is 41.1 Å². The van der Waals surface area contributed by atoms with E-state index in [1.807, 2.05) is 18.2 Å². The Hall–Kier alpha value is -1.65. The SMILES string of the molecule is Cc1ccsc1C(N)c1ccc2c(c1)CC(=O)N2. The summed E-state index contributed by atoms with van der Waals surface area (Å²) >= 11 is 1.68. The van der Waals surface area contributed by atoms with Crippen molar-refractivity contribution >= 4 is 22.9 Å². The van der Waals surface area contributed by atoms with Gasteiger partial charge in [-0.1, -0.05) is 12.1 Å². The highest BCUT2D eigenvalue weighted by molar-refractivity contribution is 7.10. The van der Waals surface area contributed by atoms with Gasteiger partial charge in [-0.2, -0.15) is 0 Å². The van der Waals surface area contributed by atoms with E-state index in [1.165, 1.54) is 10.4 Å². The van der Waals surface area contributed by atoms with E-state index in [9.17, 15) is 4.79 Å². The zero-order valence-electron chi connectivity index (χ0n) is 10.1. The van der Waals surface area contributed by atoms with Crippen LogP contribution in [0.15, 0.2) is 29.6 Å². The van der Waals surface area contributed by atoms with Gasteiger partial charge < -0.3 is 11.1 Å². The number of thiophene rings is 1. The van der Waals surface area contributed by atoms with Crippen molar-refractivity contribution < 1.29 is 4.79 Å². The Bertz CT molecular complexity index is 618. The third-order valence-electron chi connectivity index (χ3n) is 3.30. The Labute approximate surface area is 110 Å². The third kappa shape index (κ3) is 1.83. The maximum atomic E-state index is 11.3. The second-order valence-corrected chi connectivity index (χ2v) is 5.53. The number of benzene rings is 1. The topological polar surface area (TPSA) is 55.1 Å². The molecule has 0 saturated carbocycles. The van der Waals surface area contributed by atoms with Gasteiger partial charge in [-0.15, -0.1) is 11.3 Å². The van der Waals surface area contributed by atoms with Gasteiger partial charge in [0.05, 0.1) is 12.5 Å². The maximum absolute atomic E-state index is 11.3. The predicted octanol–water partition coefficient (Wildman–Crippen LogP) is 2.60. The number of anilines is 1. The number of aryl methyl sites for hydroxylation is 1. The van der Waals surface area contributed by atoms with Crippen molar-refractivity contribution in [1.82, 2.24) is 0 Å². The van der Waals surface area contributed by atoms with Gasteiger partial charge in [0, 0.05) is 10.6 Å². The van der Waals surface area contributed by atoms with Gasteiger partial charge in [0.25, 0.3) is 0 Å². The molecule has 0 bridgehead atoms. The summed E-state index contributed by atoms with van der Waals surface area (Å²) in [5.41, 5.74) is 10.5. The fourth-order valence-electron chi connectivity index (χ4n) is 2.30. The summed E-state index contributed by atoms with van der Waals surface area (Å²) < 4.78 is 0. The second-order valence-electron chi connectivity index (χ2n) is 4.59. The smallest absolute Gasteiger partial charge is 0.228 e. The lowest BCUT2D eigenvalue weighted by Gasteiger charge is -2.13. The molecule has 3 rings (SSSR count). The minimum Gasteiger partial charge on any atom is -0.326 e. The minimum atomic E-state index is -0.106. The average Bonchev–Trinajstić information content (AvgIpc) is 2.91. The van der Waals surface area contributed by atoms with Crippen LogP contribution in [0.25, 0.3) is 0 Å². The molecule has 1 unspecified atom stereocenters. The van der Waals surface area contributed by atoms with E-state index in [1.54, 1.807) is 11.3 Å². The van der Waals surface area contributed by atoms with Gasteiger partial charge in [0.1, 0.15) is 0 Å². The molecule has 18 heavy (non-hydrogen) atoms. The largest absolute Gasteiger partial charge is 0.326 e. The lowest BCUT2D eigenvalue weighted by molar-refractivity contribution is -0.115. The van der Waals surface area contributed by atoms with E-state index >= 15 is 0 Å². The maximum Gasteiger partial charge on any atom is 0.228 e. The highest BCUT2D eigenvalue weighted by Crippen LogP contribution is 2.31. The zero-order valence-corrected chi connectivity index (χ0v) is 10.9. The minimum absolute atomic E-state index is 0.0584. The number of fused-ring (bicyclic) bond motifs is 1. The Morgan fingerprint density at radius 1 is 1.39 bits per heavy atom. The molecule has 1 atom stereocenters. The standard InChI is InChI=1S/C14H14N2OS/c1-8-4-5-18-14(8)13(15)9-2-3-11-10(6-9)7-12(17)16-11/h2-6,13H,7,15H2,1H3,(H,16,17). The van der Waals surface area contributed by atoms with E-state index in [2.05, 4.69) is 23.7 Å². The Morgan fingerprint density at radius 3 is 2.94 bits per heavy atom. The van der Waals surface area contributed by atoms with Crippen LogP contribution in [0.4, 0.5) is 5.69 Å². The molecule has 2 heterocycles. The van der Waals surface area contributed by atoms with Gasteiger partial charge in [0.15, 0.2) is 0 Å². The molecule has 1 aromatic heterocycles. The quantitative estimate of drug-likeness (QED) is 0.870. The molecule has 3 nitrogen and oxygen atoms in total. The molecule has 0 spiro atoms. The van der Waals surface area contributed by atoms with Gasteiger partial charge >= 0.3 is 0 Å².